The minimum absolute atomic E-state index is 0. The second-order valence-electron chi connectivity index (χ2n) is 1.50. The molecule has 0 amide bonds. The molecule has 0 saturated heterocycles. The molecule has 60 valence electrons. The first-order valence-electron chi connectivity index (χ1n) is 2.69. The van der Waals surface area contributed by atoms with Gasteiger partial charge in [0, 0.05) is 25.8 Å². The maximum absolute atomic E-state index is 10.5. The second kappa shape index (κ2) is 6.27. The summed E-state index contributed by atoms with van der Waals surface area (Å²) in [5.74, 6) is -2.23. The Hall–Kier alpha value is -0.450. The summed E-state index contributed by atoms with van der Waals surface area (Å²) in [5, 5.41) is 8.18. The molecule has 0 spiro atoms. The number of carboxylic acids is 1. The van der Waals surface area contributed by atoms with Crippen molar-refractivity contribution in [1.82, 2.24) is 0 Å². The van der Waals surface area contributed by atoms with Gasteiger partial charge in [0.15, 0.2) is 0 Å². The standard InChI is InChI=1S/C6H8O4.Hf/c1-3-10-6(9)4(2)5(7)8;/h2-3H2,1H3,(H,7,8);. The Morgan fingerprint density at radius 2 is 2.00 bits per heavy atom. The van der Waals surface area contributed by atoms with Crippen LogP contribution in [0.1, 0.15) is 6.92 Å². The third kappa shape index (κ3) is 4.89. The van der Waals surface area contributed by atoms with Crippen LogP contribution in [-0.4, -0.2) is 23.7 Å². The minimum Gasteiger partial charge on any atom is -0.477 e. The normalized spacial score (nSPS) is 7.73. The molecule has 11 heavy (non-hydrogen) atoms. The average Bonchev–Trinajstić information content (AvgIpc) is 1.87. The monoisotopic (exact) mass is 324 g/mol. The first-order valence-corrected chi connectivity index (χ1v) is 2.69. The van der Waals surface area contributed by atoms with Crippen molar-refractivity contribution in [3.63, 3.8) is 0 Å². The Labute approximate surface area is 83.0 Å². The van der Waals surface area contributed by atoms with Crippen LogP contribution in [-0.2, 0) is 40.2 Å². The van der Waals surface area contributed by atoms with Gasteiger partial charge in [0.25, 0.3) is 0 Å². The van der Waals surface area contributed by atoms with Gasteiger partial charge in [0.2, 0.25) is 0 Å². The quantitative estimate of drug-likeness (QED) is 0.265. The zero-order valence-corrected chi connectivity index (χ0v) is 9.68. The summed E-state index contributed by atoms with van der Waals surface area (Å²) in [7, 11) is 0. The number of aliphatic carboxylic acids is 1. The zero-order valence-electron chi connectivity index (χ0n) is 6.09. The van der Waals surface area contributed by atoms with Gasteiger partial charge in [-0.25, -0.2) is 9.59 Å². The van der Waals surface area contributed by atoms with Crippen molar-refractivity contribution in [2.24, 2.45) is 0 Å². The molecule has 0 radical (unpaired) electrons. The van der Waals surface area contributed by atoms with Crippen LogP contribution in [0.3, 0.4) is 0 Å². The molecule has 1 N–H and O–H groups in total. The largest absolute Gasteiger partial charge is 0.477 e. The molecule has 0 aromatic heterocycles. The third-order valence-corrected chi connectivity index (χ3v) is 0.780. The number of esters is 1. The zero-order chi connectivity index (χ0) is 8.15. The van der Waals surface area contributed by atoms with E-state index in [1.54, 1.807) is 6.92 Å². The van der Waals surface area contributed by atoms with E-state index in [1.165, 1.54) is 0 Å². The van der Waals surface area contributed by atoms with Gasteiger partial charge in [-0.05, 0) is 6.92 Å². The van der Waals surface area contributed by atoms with Crippen molar-refractivity contribution < 1.29 is 45.3 Å². The van der Waals surface area contributed by atoms with Crippen molar-refractivity contribution in [2.75, 3.05) is 6.61 Å². The molecule has 0 aliphatic rings. The SMILES string of the molecule is C=C(C(=O)O)C(=O)OCC.[Hf]. The molecule has 0 aromatic carbocycles. The Kier molecular flexibility index (Phi) is 7.51. The van der Waals surface area contributed by atoms with Crippen LogP contribution in [0.4, 0.5) is 0 Å². The molecule has 4 nitrogen and oxygen atoms in total. The number of carbonyl (C=O) groups is 2. The first kappa shape index (κ1) is 13.2. The van der Waals surface area contributed by atoms with E-state index in [1.807, 2.05) is 0 Å². The van der Waals surface area contributed by atoms with E-state index in [0.717, 1.165) is 0 Å². The fraction of sp³-hybridized carbons (Fsp3) is 0.333. The predicted molar refractivity (Wildman–Crippen MR) is 33.4 cm³/mol. The molecule has 5 heteroatoms. The van der Waals surface area contributed by atoms with E-state index < -0.39 is 17.5 Å². The van der Waals surface area contributed by atoms with E-state index in [-0.39, 0.29) is 32.5 Å². The smallest absolute Gasteiger partial charge is 0.344 e. The van der Waals surface area contributed by atoms with E-state index in [4.69, 9.17) is 5.11 Å². The van der Waals surface area contributed by atoms with Gasteiger partial charge in [0.05, 0.1) is 6.61 Å². The summed E-state index contributed by atoms with van der Waals surface area (Å²) in [5.41, 5.74) is -0.540. The number of rotatable bonds is 3. The van der Waals surface area contributed by atoms with Crippen LogP contribution < -0.4 is 0 Å². The van der Waals surface area contributed by atoms with Crippen molar-refractivity contribution in [3.8, 4) is 0 Å². The number of hydrogen-bond acceptors (Lipinski definition) is 3. The summed E-state index contributed by atoms with van der Waals surface area (Å²) in [6.07, 6.45) is 0. The molecular formula is C6H8HfO4. The summed E-state index contributed by atoms with van der Waals surface area (Å²) < 4.78 is 4.35. The van der Waals surface area contributed by atoms with Gasteiger partial charge in [-0.3, -0.25) is 0 Å². The summed E-state index contributed by atoms with van der Waals surface area (Å²) in [6.45, 7) is 4.75. The van der Waals surface area contributed by atoms with Crippen molar-refractivity contribution in [3.05, 3.63) is 12.2 Å². The Balaban J connectivity index is 0. The van der Waals surface area contributed by atoms with Crippen LogP contribution in [0, 0.1) is 0 Å². The molecule has 0 aliphatic carbocycles. The summed E-state index contributed by atoms with van der Waals surface area (Å²) in [4.78, 5) is 20.5. The number of hydrogen-bond donors (Lipinski definition) is 1. The fourth-order valence-corrected chi connectivity index (χ4v) is 0.306. The molecule has 0 saturated carbocycles. The van der Waals surface area contributed by atoms with Gasteiger partial charge in [-0.2, -0.15) is 0 Å². The van der Waals surface area contributed by atoms with Crippen molar-refractivity contribution in [2.45, 2.75) is 6.92 Å². The summed E-state index contributed by atoms with van der Waals surface area (Å²) >= 11 is 0. The molecule has 0 unspecified atom stereocenters. The van der Waals surface area contributed by atoms with Crippen molar-refractivity contribution >= 4 is 11.9 Å². The summed E-state index contributed by atoms with van der Waals surface area (Å²) in [6, 6.07) is 0. The van der Waals surface area contributed by atoms with Crippen LogP contribution in [0.15, 0.2) is 12.2 Å². The number of ether oxygens (including phenoxy) is 1. The van der Waals surface area contributed by atoms with E-state index in [9.17, 15) is 9.59 Å². The second-order valence-corrected chi connectivity index (χ2v) is 1.50. The Bertz CT molecular complexity index is 175. The van der Waals surface area contributed by atoms with Crippen LogP contribution in [0.5, 0.6) is 0 Å². The van der Waals surface area contributed by atoms with E-state index >= 15 is 0 Å². The van der Waals surface area contributed by atoms with Gasteiger partial charge < -0.3 is 9.84 Å². The van der Waals surface area contributed by atoms with Crippen LogP contribution in [0.25, 0.3) is 0 Å². The fourth-order valence-electron chi connectivity index (χ4n) is 0.306. The molecule has 0 aromatic rings. The third-order valence-electron chi connectivity index (χ3n) is 0.780. The minimum atomic E-state index is -1.35. The number of carbonyl (C=O) groups excluding carboxylic acids is 1. The van der Waals surface area contributed by atoms with Crippen molar-refractivity contribution in [1.29, 1.82) is 0 Å². The predicted octanol–water partition coefficient (Wildman–Crippen LogP) is 0.188. The van der Waals surface area contributed by atoms with Gasteiger partial charge in [0.1, 0.15) is 5.57 Å². The average molecular weight is 323 g/mol. The van der Waals surface area contributed by atoms with E-state index in [2.05, 4.69) is 11.3 Å². The molecule has 0 atom stereocenters. The van der Waals surface area contributed by atoms with Crippen LogP contribution >= 0.6 is 0 Å². The van der Waals surface area contributed by atoms with Gasteiger partial charge >= 0.3 is 11.9 Å². The molecule has 0 bridgehead atoms. The Morgan fingerprint density at radius 3 is 2.27 bits per heavy atom. The molecule has 0 aliphatic heterocycles. The van der Waals surface area contributed by atoms with Gasteiger partial charge in [-0.15, -0.1) is 0 Å². The molecule has 0 heterocycles. The topological polar surface area (TPSA) is 63.6 Å². The molecular weight excluding hydrogens is 315 g/mol. The first-order chi connectivity index (χ1) is 4.59. The maximum Gasteiger partial charge on any atom is 0.344 e. The molecule has 0 fully saturated rings. The maximum atomic E-state index is 10.5. The number of carboxylic acid groups (broad SMARTS) is 1. The molecule has 0 rings (SSSR count). The Morgan fingerprint density at radius 1 is 1.55 bits per heavy atom. The van der Waals surface area contributed by atoms with Gasteiger partial charge in [-0.1, -0.05) is 6.58 Å². The van der Waals surface area contributed by atoms with E-state index in [0.29, 0.717) is 0 Å². The van der Waals surface area contributed by atoms with Crippen LogP contribution in [0.2, 0.25) is 0 Å².